The number of carbonyl (C=O) groups excluding carboxylic acids is 3. The minimum atomic E-state index is -1.54. The normalized spacial score (nSPS) is 15.5. The summed E-state index contributed by atoms with van der Waals surface area (Å²) in [6, 6.07) is 0.406. The lowest BCUT2D eigenvalue weighted by molar-refractivity contribution is -0.142. The standard InChI is InChI=1S/C22H34N4O8/c1-11(2)8-15(23)19(30)26-18(12(3)28)21(32)25-17(10-27)20(31)24-16(22(33)34)9-13-4-6-14(29)7-5-13/h4-7,11-12,15-18,27-29H,8-10,23H2,1-3H3,(H,24,31)(H,25,32)(H,26,30)(H,33,34). The number of carboxylic acids is 1. The van der Waals surface area contributed by atoms with Crippen molar-refractivity contribution in [3.05, 3.63) is 29.8 Å². The number of nitrogens with one attached hydrogen (secondary N) is 3. The van der Waals surface area contributed by atoms with Crippen molar-refractivity contribution in [3.63, 3.8) is 0 Å². The zero-order valence-corrected chi connectivity index (χ0v) is 19.4. The number of nitrogens with two attached hydrogens (primary N) is 1. The summed E-state index contributed by atoms with van der Waals surface area (Å²) in [6.45, 7) is 4.12. The van der Waals surface area contributed by atoms with Gasteiger partial charge in [-0.1, -0.05) is 26.0 Å². The topological polar surface area (TPSA) is 211 Å². The maximum absolute atomic E-state index is 12.6. The summed E-state index contributed by atoms with van der Waals surface area (Å²) >= 11 is 0. The summed E-state index contributed by atoms with van der Waals surface area (Å²) in [5.41, 5.74) is 6.32. The van der Waals surface area contributed by atoms with Crippen molar-refractivity contribution in [2.45, 2.75) is 63.9 Å². The minimum absolute atomic E-state index is 0.00682. The minimum Gasteiger partial charge on any atom is -0.508 e. The quantitative estimate of drug-likeness (QED) is 0.159. The van der Waals surface area contributed by atoms with Gasteiger partial charge in [0.1, 0.15) is 23.9 Å². The molecular formula is C22H34N4O8. The molecule has 5 atom stereocenters. The molecule has 0 aliphatic carbocycles. The van der Waals surface area contributed by atoms with Gasteiger partial charge in [0.15, 0.2) is 0 Å². The van der Waals surface area contributed by atoms with Gasteiger partial charge >= 0.3 is 5.97 Å². The maximum Gasteiger partial charge on any atom is 0.326 e. The van der Waals surface area contributed by atoms with Gasteiger partial charge in [0.05, 0.1) is 18.8 Å². The Hall–Kier alpha value is -3.22. The van der Waals surface area contributed by atoms with Crippen LogP contribution in [0.4, 0.5) is 0 Å². The molecule has 12 nitrogen and oxygen atoms in total. The molecule has 0 aliphatic rings. The fourth-order valence-electron chi connectivity index (χ4n) is 3.08. The number of rotatable bonds is 13. The lowest BCUT2D eigenvalue weighted by Gasteiger charge is -2.26. The first-order valence-corrected chi connectivity index (χ1v) is 10.8. The Morgan fingerprint density at radius 2 is 1.47 bits per heavy atom. The Labute approximate surface area is 197 Å². The van der Waals surface area contributed by atoms with Crippen LogP contribution in [0.25, 0.3) is 0 Å². The third-order valence-electron chi connectivity index (χ3n) is 4.93. The highest BCUT2D eigenvalue weighted by Gasteiger charge is 2.32. The first-order chi connectivity index (χ1) is 15.8. The number of carbonyl (C=O) groups is 4. The number of hydrogen-bond donors (Lipinski definition) is 8. The van der Waals surface area contributed by atoms with Crippen molar-refractivity contribution >= 4 is 23.7 Å². The fourth-order valence-corrected chi connectivity index (χ4v) is 3.08. The van der Waals surface area contributed by atoms with E-state index in [1.165, 1.54) is 31.2 Å². The van der Waals surface area contributed by atoms with E-state index in [1.807, 2.05) is 13.8 Å². The number of aliphatic carboxylic acids is 1. The third kappa shape index (κ3) is 9.33. The Morgan fingerprint density at radius 3 is 1.94 bits per heavy atom. The van der Waals surface area contributed by atoms with Gasteiger partial charge in [-0.2, -0.15) is 0 Å². The molecule has 0 spiro atoms. The van der Waals surface area contributed by atoms with Crippen molar-refractivity contribution < 1.29 is 39.6 Å². The zero-order chi connectivity index (χ0) is 26.0. The SMILES string of the molecule is CC(C)CC(N)C(=O)NC(C(=O)NC(CO)C(=O)NC(Cc1ccc(O)cc1)C(=O)O)C(C)O. The van der Waals surface area contributed by atoms with Gasteiger partial charge in [0.25, 0.3) is 0 Å². The first kappa shape index (κ1) is 28.8. The van der Waals surface area contributed by atoms with Crippen LogP contribution >= 0.6 is 0 Å². The third-order valence-corrected chi connectivity index (χ3v) is 4.93. The molecule has 34 heavy (non-hydrogen) atoms. The lowest BCUT2D eigenvalue weighted by atomic mass is 10.0. The molecule has 0 saturated carbocycles. The molecule has 5 unspecified atom stereocenters. The predicted molar refractivity (Wildman–Crippen MR) is 121 cm³/mol. The van der Waals surface area contributed by atoms with E-state index in [9.17, 15) is 39.6 Å². The number of aromatic hydroxyl groups is 1. The summed E-state index contributed by atoms with van der Waals surface area (Å²) in [5, 5.41) is 45.1. The predicted octanol–water partition coefficient (Wildman–Crippen LogP) is -1.78. The smallest absolute Gasteiger partial charge is 0.326 e. The Morgan fingerprint density at radius 1 is 0.912 bits per heavy atom. The second-order valence-electron chi connectivity index (χ2n) is 8.48. The van der Waals surface area contributed by atoms with Crippen LogP contribution in [0.1, 0.15) is 32.8 Å². The molecule has 12 heteroatoms. The second-order valence-corrected chi connectivity index (χ2v) is 8.48. The van der Waals surface area contributed by atoms with Crippen LogP contribution in [0.15, 0.2) is 24.3 Å². The largest absolute Gasteiger partial charge is 0.508 e. The van der Waals surface area contributed by atoms with Crippen molar-refractivity contribution in [2.75, 3.05) is 6.61 Å². The summed E-state index contributed by atoms with van der Waals surface area (Å²) in [7, 11) is 0. The molecule has 0 heterocycles. The van der Waals surface area contributed by atoms with Gasteiger partial charge in [-0.05, 0) is 37.0 Å². The van der Waals surface area contributed by atoms with Crippen LogP contribution in [0.5, 0.6) is 5.75 Å². The number of phenols is 1. The van der Waals surface area contributed by atoms with E-state index in [1.54, 1.807) is 0 Å². The van der Waals surface area contributed by atoms with Crippen LogP contribution in [0.3, 0.4) is 0 Å². The van der Waals surface area contributed by atoms with Crippen molar-refractivity contribution in [1.29, 1.82) is 0 Å². The van der Waals surface area contributed by atoms with Crippen molar-refractivity contribution in [3.8, 4) is 5.75 Å². The van der Waals surface area contributed by atoms with E-state index in [-0.39, 0.29) is 18.1 Å². The molecule has 0 fully saturated rings. The summed E-state index contributed by atoms with van der Waals surface area (Å²) in [6.07, 6.45) is -1.12. The van der Waals surface area contributed by atoms with Crippen LogP contribution < -0.4 is 21.7 Å². The molecule has 190 valence electrons. The van der Waals surface area contributed by atoms with E-state index < -0.39 is 60.6 Å². The Kier molecular flexibility index (Phi) is 11.4. The molecule has 0 aromatic heterocycles. The number of amides is 3. The molecule has 1 rings (SSSR count). The van der Waals surface area contributed by atoms with Gasteiger partial charge in [0.2, 0.25) is 17.7 Å². The van der Waals surface area contributed by atoms with Crippen molar-refractivity contribution in [2.24, 2.45) is 11.7 Å². The number of benzene rings is 1. The Bertz CT molecular complexity index is 844. The van der Waals surface area contributed by atoms with Crippen LogP contribution in [-0.2, 0) is 25.6 Å². The van der Waals surface area contributed by atoms with Gasteiger partial charge in [-0.25, -0.2) is 4.79 Å². The van der Waals surface area contributed by atoms with E-state index in [0.717, 1.165) is 0 Å². The molecular weight excluding hydrogens is 448 g/mol. The number of carboxylic acid groups (broad SMARTS) is 1. The molecule has 3 amide bonds. The van der Waals surface area contributed by atoms with Crippen LogP contribution in [0, 0.1) is 5.92 Å². The number of phenolic OH excluding ortho intramolecular Hbond substituents is 1. The molecule has 0 saturated heterocycles. The highest BCUT2D eigenvalue weighted by molar-refractivity contribution is 5.94. The highest BCUT2D eigenvalue weighted by atomic mass is 16.4. The van der Waals surface area contributed by atoms with Crippen molar-refractivity contribution in [1.82, 2.24) is 16.0 Å². The maximum atomic E-state index is 12.6. The lowest BCUT2D eigenvalue weighted by Crippen LogP contribution is -2.60. The van der Waals surface area contributed by atoms with Crippen LogP contribution in [-0.4, -0.2) is 81.0 Å². The Balaban J connectivity index is 2.84. The number of hydrogen-bond acceptors (Lipinski definition) is 8. The monoisotopic (exact) mass is 482 g/mol. The number of aliphatic hydroxyl groups is 2. The number of aliphatic hydroxyl groups excluding tert-OH is 2. The second kappa shape index (κ2) is 13.5. The van der Waals surface area contributed by atoms with Crippen LogP contribution in [0.2, 0.25) is 0 Å². The van der Waals surface area contributed by atoms with Gasteiger partial charge in [0, 0.05) is 6.42 Å². The first-order valence-electron chi connectivity index (χ1n) is 10.8. The van der Waals surface area contributed by atoms with Gasteiger partial charge < -0.3 is 42.1 Å². The van der Waals surface area contributed by atoms with Gasteiger partial charge in [-0.15, -0.1) is 0 Å². The average molecular weight is 483 g/mol. The highest BCUT2D eigenvalue weighted by Crippen LogP contribution is 2.11. The van der Waals surface area contributed by atoms with Gasteiger partial charge in [-0.3, -0.25) is 14.4 Å². The van der Waals surface area contributed by atoms with E-state index in [4.69, 9.17) is 5.73 Å². The van der Waals surface area contributed by atoms with E-state index in [2.05, 4.69) is 16.0 Å². The van der Waals surface area contributed by atoms with E-state index >= 15 is 0 Å². The average Bonchev–Trinajstić information content (AvgIpc) is 2.75. The fraction of sp³-hybridized carbons (Fsp3) is 0.545. The van der Waals surface area contributed by atoms with E-state index in [0.29, 0.717) is 12.0 Å². The molecule has 1 aromatic carbocycles. The molecule has 1 aromatic rings. The molecule has 9 N–H and O–H groups in total. The zero-order valence-electron chi connectivity index (χ0n) is 19.4. The molecule has 0 radical (unpaired) electrons. The molecule has 0 aliphatic heterocycles. The summed E-state index contributed by atoms with van der Waals surface area (Å²) < 4.78 is 0. The summed E-state index contributed by atoms with van der Waals surface area (Å²) in [4.78, 5) is 49.0. The summed E-state index contributed by atoms with van der Waals surface area (Å²) in [5.74, 6) is -3.84. The molecule has 0 bridgehead atoms.